The molecule has 28 heavy (non-hydrogen) atoms. The van der Waals surface area contributed by atoms with E-state index in [4.69, 9.17) is 11.6 Å². The summed E-state index contributed by atoms with van der Waals surface area (Å²) in [4.78, 5) is 0. The molecule has 0 unspecified atom stereocenters. The maximum atomic E-state index is 6.05. The van der Waals surface area contributed by atoms with Crippen LogP contribution < -0.4 is 21.5 Å². The molecule has 0 aliphatic rings. The summed E-state index contributed by atoms with van der Waals surface area (Å²) in [6.45, 7) is 0. The van der Waals surface area contributed by atoms with Crippen LogP contribution in [0.3, 0.4) is 0 Å². The molecule has 0 aliphatic carbocycles. The highest BCUT2D eigenvalue weighted by molar-refractivity contribution is 6.30. The van der Waals surface area contributed by atoms with Crippen molar-refractivity contribution in [2.75, 3.05) is 0 Å². The first kappa shape index (κ1) is 20.3. The SMILES string of the molecule is Clc1ccc(Cc2cccc[n+]2C(c2ccccc2)c2ccccc2)cc1.[Br-]. The molecule has 3 aromatic carbocycles. The summed E-state index contributed by atoms with van der Waals surface area (Å²) in [5.41, 5.74) is 5.06. The van der Waals surface area contributed by atoms with Crippen molar-refractivity contribution in [2.24, 2.45) is 0 Å². The highest BCUT2D eigenvalue weighted by Crippen LogP contribution is 2.23. The van der Waals surface area contributed by atoms with Crippen molar-refractivity contribution < 1.29 is 21.5 Å². The van der Waals surface area contributed by atoms with E-state index in [0.29, 0.717) is 0 Å². The average molecular weight is 451 g/mol. The molecule has 3 heteroatoms. The van der Waals surface area contributed by atoms with Gasteiger partial charge < -0.3 is 17.0 Å². The summed E-state index contributed by atoms with van der Waals surface area (Å²) in [5, 5.41) is 0.770. The number of rotatable bonds is 5. The van der Waals surface area contributed by atoms with Crippen molar-refractivity contribution in [2.45, 2.75) is 12.5 Å². The molecule has 0 saturated heterocycles. The van der Waals surface area contributed by atoms with E-state index in [-0.39, 0.29) is 23.0 Å². The zero-order valence-electron chi connectivity index (χ0n) is 15.4. The Hall–Kier alpha value is -2.42. The van der Waals surface area contributed by atoms with Crippen LogP contribution in [0.25, 0.3) is 0 Å². The lowest BCUT2D eigenvalue weighted by molar-refractivity contribution is -0.711. The third-order valence-electron chi connectivity index (χ3n) is 4.79. The molecule has 0 amide bonds. The minimum absolute atomic E-state index is 0. The van der Waals surface area contributed by atoms with Gasteiger partial charge in [-0.3, -0.25) is 0 Å². The van der Waals surface area contributed by atoms with Gasteiger partial charge in [0.2, 0.25) is 6.04 Å². The zero-order chi connectivity index (χ0) is 18.5. The molecular weight excluding hydrogens is 430 g/mol. The first-order valence-corrected chi connectivity index (χ1v) is 9.52. The van der Waals surface area contributed by atoms with Crippen LogP contribution in [-0.4, -0.2) is 0 Å². The van der Waals surface area contributed by atoms with Crippen LogP contribution in [0.4, 0.5) is 0 Å². The fourth-order valence-corrected chi connectivity index (χ4v) is 3.61. The second-order valence-electron chi connectivity index (χ2n) is 6.63. The van der Waals surface area contributed by atoms with E-state index < -0.39 is 0 Å². The number of aromatic nitrogens is 1. The molecule has 0 bridgehead atoms. The van der Waals surface area contributed by atoms with Gasteiger partial charge in [-0.1, -0.05) is 90.5 Å². The lowest BCUT2D eigenvalue weighted by Crippen LogP contribution is -3.00. The van der Waals surface area contributed by atoms with Crippen molar-refractivity contribution in [3.8, 4) is 0 Å². The fraction of sp³-hybridized carbons (Fsp3) is 0.0800. The van der Waals surface area contributed by atoms with Gasteiger partial charge in [-0.2, -0.15) is 4.57 Å². The predicted molar refractivity (Wildman–Crippen MR) is 111 cm³/mol. The van der Waals surface area contributed by atoms with E-state index in [1.807, 2.05) is 12.1 Å². The Balaban J connectivity index is 0.00000225. The Morgan fingerprint density at radius 3 is 1.75 bits per heavy atom. The van der Waals surface area contributed by atoms with Gasteiger partial charge in [-0.05, 0) is 17.7 Å². The first-order chi connectivity index (χ1) is 13.3. The topological polar surface area (TPSA) is 3.88 Å². The van der Waals surface area contributed by atoms with Gasteiger partial charge in [-0.25, -0.2) is 0 Å². The van der Waals surface area contributed by atoms with Gasteiger partial charge in [-0.15, -0.1) is 0 Å². The minimum atomic E-state index is 0. The molecule has 1 heterocycles. The fourth-order valence-electron chi connectivity index (χ4n) is 3.49. The average Bonchev–Trinajstić information content (AvgIpc) is 2.73. The molecular formula is C25H21BrClN. The van der Waals surface area contributed by atoms with Gasteiger partial charge >= 0.3 is 0 Å². The number of hydrogen-bond acceptors (Lipinski definition) is 0. The molecule has 1 aromatic heterocycles. The van der Waals surface area contributed by atoms with Crippen LogP contribution in [0.1, 0.15) is 28.4 Å². The van der Waals surface area contributed by atoms with Crippen LogP contribution in [-0.2, 0) is 6.42 Å². The van der Waals surface area contributed by atoms with Crippen LogP contribution in [0, 0.1) is 0 Å². The quantitative estimate of drug-likeness (QED) is 0.412. The van der Waals surface area contributed by atoms with Crippen LogP contribution in [0.5, 0.6) is 0 Å². The Morgan fingerprint density at radius 2 is 1.18 bits per heavy atom. The van der Waals surface area contributed by atoms with E-state index in [9.17, 15) is 0 Å². The number of pyridine rings is 1. The van der Waals surface area contributed by atoms with Crippen molar-refractivity contribution in [1.29, 1.82) is 0 Å². The van der Waals surface area contributed by atoms with Crippen molar-refractivity contribution in [1.82, 2.24) is 0 Å². The van der Waals surface area contributed by atoms with Gasteiger partial charge in [0.05, 0.1) is 6.42 Å². The largest absolute Gasteiger partial charge is 1.00 e. The van der Waals surface area contributed by atoms with Crippen LogP contribution in [0.2, 0.25) is 5.02 Å². The molecule has 0 saturated carbocycles. The second-order valence-corrected chi connectivity index (χ2v) is 7.06. The molecule has 0 fully saturated rings. The Labute approximate surface area is 182 Å². The van der Waals surface area contributed by atoms with Crippen LogP contribution in [0.15, 0.2) is 109 Å². The number of hydrogen-bond donors (Lipinski definition) is 0. The molecule has 0 spiro atoms. The highest BCUT2D eigenvalue weighted by Gasteiger charge is 2.26. The Bertz CT molecular complexity index is 962. The molecule has 1 nitrogen and oxygen atoms in total. The monoisotopic (exact) mass is 449 g/mol. The lowest BCUT2D eigenvalue weighted by atomic mass is 9.97. The lowest BCUT2D eigenvalue weighted by Gasteiger charge is -2.16. The highest BCUT2D eigenvalue weighted by atomic mass is 79.9. The van der Waals surface area contributed by atoms with E-state index in [2.05, 4.69) is 102 Å². The maximum Gasteiger partial charge on any atom is 0.209 e. The summed E-state index contributed by atoms with van der Waals surface area (Å²) >= 11 is 6.05. The zero-order valence-corrected chi connectivity index (χ0v) is 17.7. The van der Waals surface area contributed by atoms with E-state index in [1.165, 1.54) is 22.4 Å². The molecule has 140 valence electrons. The molecule has 0 aliphatic heterocycles. The minimum Gasteiger partial charge on any atom is -1.00 e. The number of benzene rings is 3. The summed E-state index contributed by atoms with van der Waals surface area (Å²) in [6.07, 6.45) is 3.03. The summed E-state index contributed by atoms with van der Waals surface area (Å²) in [6, 6.07) is 36.0. The normalized spacial score (nSPS) is 10.5. The maximum absolute atomic E-state index is 6.05. The predicted octanol–water partition coefficient (Wildman–Crippen LogP) is 2.86. The summed E-state index contributed by atoms with van der Waals surface area (Å²) in [5.74, 6) is 0. The van der Waals surface area contributed by atoms with Crippen molar-refractivity contribution in [3.63, 3.8) is 0 Å². The summed E-state index contributed by atoms with van der Waals surface area (Å²) in [7, 11) is 0. The van der Waals surface area contributed by atoms with Gasteiger partial charge in [0.15, 0.2) is 11.9 Å². The van der Waals surface area contributed by atoms with Crippen molar-refractivity contribution in [3.05, 3.63) is 137 Å². The molecule has 0 radical (unpaired) electrons. The van der Waals surface area contributed by atoms with Gasteiger partial charge in [0, 0.05) is 28.3 Å². The number of halogens is 2. The summed E-state index contributed by atoms with van der Waals surface area (Å²) < 4.78 is 2.37. The van der Waals surface area contributed by atoms with E-state index in [1.54, 1.807) is 0 Å². The smallest absolute Gasteiger partial charge is 0.209 e. The first-order valence-electron chi connectivity index (χ1n) is 9.14. The molecule has 4 aromatic rings. The van der Waals surface area contributed by atoms with Gasteiger partial charge in [0.25, 0.3) is 0 Å². The van der Waals surface area contributed by atoms with E-state index >= 15 is 0 Å². The molecule has 0 atom stereocenters. The van der Waals surface area contributed by atoms with E-state index in [0.717, 1.165) is 11.4 Å². The third-order valence-corrected chi connectivity index (χ3v) is 5.04. The van der Waals surface area contributed by atoms with Gasteiger partial charge in [0.1, 0.15) is 0 Å². The Morgan fingerprint density at radius 1 is 0.643 bits per heavy atom. The molecule has 4 rings (SSSR count). The van der Waals surface area contributed by atoms with Crippen molar-refractivity contribution >= 4 is 11.6 Å². The second kappa shape index (κ2) is 9.68. The Kier molecular flexibility index (Phi) is 7.02. The third kappa shape index (κ3) is 4.70. The van der Waals surface area contributed by atoms with Crippen LogP contribution >= 0.6 is 11.6 Å². The standard InChI is InChI=1S/C25H21ClN.BrH/c26-23-16-14-20(15-17-23)19-24-13-7-8-18-27(24)25(21-9-3-1-4-10-21)22-11-5-2-6-12-22;/h1-18,25H,19H2;1H/q+1;/p-1. The molecule has 0 N–H and O–H groups in total. The number of nitrogens with zero attached hydrogens (tertiary/aromatic N) is 1.